The highest BCUT2D eigenvalue weighted by Gasteiger charge is 2.11. The zero-order valence-electron chi connectivity index (χ0n) is 7.32. The van der Waals surface area contributed by atoms with E-state index < -0.39 is 0 Å². The minimum Gasteiger partial charge on any atom is -0.369 e. The summed E-state index contributed by atoms with van der Waals surface area (Å²) in [5.41, 5.74) is 0.147. The van der Waals surface area contributed by atoms with Gasteiger partial charge in [-0.15, -0.1) is 11.8 Å². The zero-order chi connectivity index (χ0) is 9.68. The van der Waals surface area contributed by atoms with E-state index >= 15 is 0 Å². The van der Waals surface area contributed by atoms with Gasteiger partial charge in [0.05, 0.1) is 5.03 Å². The Labute approximate surface area is 81.9 Å². The third-order valence-corrected chi connectivity index (χ3v) is 2.82. The van der Waals surface area contributed by atoms with Crippen LogP contribution in [0.4, 0.5) is 0 Å². The number of thioether (sulfide) groups is 1. The summed E-state index contributed by atoms with van der Waals surface area (Å²) < 4.78 is 0. The molecule has 0 spiro atoms. The third-order valence-electron chi connectivity index (χ3n) is 1.69. The van der Waals surface area contributed by atoms with E-state index in [1.165, 1.54) is 0 Å². The van der Waals surface area contributed by atoms with E-state index in [1.807, 2.05) is 25.3 Å². The van der Waals surface area contributed by atoms with Crippen LogP contribution < -0.4 is 0 Å². The van der Waals surface area contributed by atoms with E-state index in [-0.39, 0.29) is 5.57 Å². The highest BCUT2D eigenvalue weighted by atomic mass is 32.2. The normalized spacial score (nSPS) is 18.1. The molecule has 0 unspecified atom stereocenters. The third kappa shape index (κ3) is 2.54. The van der Waals surface area contributed by atoms with Crippen molar-refractivity contribution in [1.29, 1.82) is 10.5 Å². The molecule has 1 aliphatic heterocycles. The summed E-state index contributed by atoms with van der Waals surface area (Å²) >= 11 is 1.74. The lowest BCUT2D eigenvalue weighted by Crippen LogP contribution is -2.10. The maximum atomic E-state index is 8.48. The van der Waals surface area contributed by atoms with Gasteiger partial charge >= 0.3 is 0 Å². The van der Waals surface area contributed by atoms with E-state index in [9.17, 15) is 0 Å². The first-order chi connectivity index (χ1) is 6.27. The minimum absolute atomic E-state index is 0.147. The van der Waals surface area contributed by atoms with Crippen molar-refractivity contribution >= 4 is 11.8 Å². The molecule has 0 aromatic carbocycles. The van der Waals surface area contributed by atoms with E-state index in [2.05, 4.69) is 4.90 Å². The van der Waals surface area contributed by atoms with Gasteiger partial charge in [0.2, 0.25) is 0 Å². The van der Waals surface area contributed by atoms with Crippen LogP contribution in [0.25, 0.3) is 0 Å². The molecule has 1 heterocycles. The molecule has 3 nitrogen and oxygen atoms in total. The lowest BCUT2D eigenvalue weighted by Gasteiger charge is -2.09. The molecule has 1 rings (SSSR count). The number of hydrogen-bond donors (Lipinski definition) is 0. The van der Waals surface area contributed by atoms with Crippen LogP contribution in [0.5, 0.6) is 0 Å². The summed E-state index contributed by atoms with van der Waals surface area (Å²) in [5, 5.41) is 18.1. The summed E-state index contributed by atoms with van der Waals surface area (Å²) in [6.45, 7) is 1.03. The van der Waals surface area contributed by atoms with Gasteiger partial charge in [-0.05, 0) is 12.2 Å². The van der Waals surface area contributed by atoms with Crippen LogP contribution in [-0.2, 0) is 0 Å². The summed E-state index contributed by atoms with van der Waals surface area (Å²) in [5.74, 6) is 1.07. The fourth-order valence-corrected chi connectivity index (χ4v) is 1.99. The molecule has 0 bridgehead atoms. The van der Waals surface area contributed by atoms with Crippen LogP contribution in [-0.4, -0.2) is 24.2 Å². The number of nitrogens with zero attached hydrogens (tertiary/aromatic N) is 3. The first-order valence-corrected chi connectivity index (χ1v) is 4.82. The topological polar surface area (TPSA) is 50.8 Å². The minimum atomic E-state index is 0.147. The highest BCUT2D eigenvalue weighted by molar-refractivity contribution is 8.03. The first kappa shape index (κ1) is 9.70. The van der Waals surface area contributed by atoms with Gasteiger partial charge in [0.25, 0.3) is 0 Å². The molecule has 66 valence electrons. The number of rotatable bonds is 1. The Bertz CT molecular complexity index is 314. The van der Waals surface area contributed by atoms with Crippen molar-refractivity contribution in [1.82, 2.24) is 4.90 Å². The fourth-order valence-electron chi connectivity index (χ4n) is 0.937. The van der Waals surface area contributed by atoms with Crippen LogP contribution in [0.15, 0.2) is 22.8 Å². The Balaban J connectivity index is 2.73. The van der Waals surface area contributed by atoms with Crippen LogP contribution in [0.3, 0.4) is 0 Å². The molecule has 1 aliphatic rings. The van der Waals surface area contributed by atoms with Gasteiger partial charge in [0, 0.05) is 19.3 Å². The molecule has 0 aliphatic carbocycles. The molecule has 0 aromatic rings. The molecule has 0 saturated carbocycles. The molecule has 0 atom stereocenters. The lowest BCUT2D eigenvalue weighted by atomic mass is 10.3. The monoisotopic (exact) mass is 191 g/mol. The van der Waals surface area contributed by atoms with Crippen LogP contribution in [0.1, 0.15) is 0 Å². The van der Waals surface area contributed by atoms with Gasteiger partial charge in [0.15, 0.2) is 0 Å². The average molecular weight is 191 g/mol. The molecule has 0 amide bonds. The van der Waals surface area contributed by atoms with Crippen molar-refractivity contribution in [2.45, 2.75) is 0 Å². The summed E-state index contributed by atoms with van der Waals surface area (Å²) in [6.07, 6.45) is 3.38. The Morgan fingerprint density at radius 2 is 2.23 bits per heavy atom. The molecule has 13 heavy (non-hydrogen) atoms. The Kier molecular flexibility index (Phi) is 3.42. The Morgan fingerprint density at radius 3 is 2.69 bits per heavy atom. The molecule has 0 N–H and O–H groups in total. The fraction of sp³-hybridized carbons (Fsp3) is 0.333. The quantitative estimate of drug-likeness (QED) is 0.589. The smallest absolute Gasteiger partial charge is 0.129 e. The second kappa shape index (κ2) is 4.59. The van der Waals surface area contributed by atoms with E-state index in [4.69, 9.17) is 10.5 Å². The predicted octanol–water partition coefficient (Wildman–Crippen LogP) is 1.48. The van der Waals surface area contributed by atoms with Gasteiger partial charge in [0.1, 0.15) is 17.7 Å². The van der Waals surface area contributed by atoms with Crippen molar-refractivity contribution < 1.29 is 0 Å². The largest absolute Gasteiger partial charge is 0.369 e. The molecule has 4 heteroatoms. The first-order valence-electron chi connectivity index (χ1n) is 3.84. The maximum Gasteiger partial charge on any atom is 0.129 e. The van der Waals surface area contributed by atoms with Gasteiger partial charge in [-0.25, -0.2) is 0 Å². The van der Waals surface area contributed by atoms with Gasteiger partial charge in [-0.1, -0.05) is 0 Å². The number of allylic oxidation sites excluding steroid dienone is 3. The standard InChI is InChI=1S/C9H9N3S/c1-12-4-5-13-9(12)3-2-8(6-10)7-11/h2-3H,4-5H2,1H3. The molecular formula is C9H9N3S. The van der Waals surface area contributed by atoms with Crippen molar-refractivity contribution in [2.24, 2.45) is 0 Å². The van der Waals surface area contributed by atoms with Crippen molar-refractivity contribution in [2.75, 3.05) is 19.3 Å². The second-order valence-electron chi connectivity index (χ2n) is 2.58. The SMILES string of the molecule is CN1CCSC1=CC=C(C#N)C#N. The van der Waals surface area contributed by atoms with E-state index in [0.29, 0.717) is 0 Å². The van der Waals surface area contributed by atoms with Crippen LogP contribution in [0, 0.1) is 22.7 Å². The summed E-state index contributed by atoms with van der Waals surface area (Å²) in [6, 6.07) is 3.64. The Hall–Kier alpha value is -1.39. The predicted molar refractivity (Wildman–Crippen MR) is 52.5 cm³/mol. The number of hydrogen-bond acceptors (Lipinski definition) is 4. The number of nitriles is 2. The molecule has 1 saturated heterocycles. The Morgan fingerprint density at radius 1 is 1.54 bits per heavy atom. The van der Waals surface area contributed by atoms with Crippen molar-refractivity contribution in [3.8, 4) is 12.1 Å². The molecule has 0 aromatic heterocycles. The molecule has 1 fully saturated rings. The zero-order valence-corrected chi connectivity index (χ0v) is 8.14. The lowest BCUT2D eigenvalue weighted by molar-refractivity contribution is 0.493. The van der Waals surface area contributed by atoms with Crippen molar-refractivity contribution in [3.05, 3.63) is 22.8 Å². The van der Waals surface area contributed by atoms with Crippen LogP contribution in [0.2, 0.25) is 0 Å². The van der Waals surface area contributed by atoms with E-state index in [1.54, 1.807) is 17.8 Å². The molecular weight excluding hydrogens is 182 g/mol. The highest BCUT2D eigenvalue weighted by Crippen LogP contribution is 2.25. The van der Waals surface area contributed by atoms with E-state index in [0.717, 1.165) is 17.3 Å². The average Bonchev–Trinajstić information content (AvgIpc) is 2.54. The van der Waals surface area contributed by atoms with Crippen LogP contribution >= 0.6 is 11.8 Å². The van der Waals surface area contributed by atoms with Gasteiger partial charge < -0.3 is 4.90 Å². The second-order valence-corrected chi connectivity index (χ2v) is 3.69. The van der Waals surface area contributed by atoms with Crippen molar-refractivity contribution in [3.63, 3.8) is 0 Å². The summed E-state index contributed by atoms with van der Waals surface area (Å²) in [4.78, 5) is 2.10. The van der Waals surface area contributed by atoms with Gasteiger partial charge in [-0.3, -0.25) is 0 Å². The molecule has 0 radical (unpaired) electrons. The summed E-state index contributed by atoms with van der Waals surface area (Å²) in [7, 11) is 2.00. The maximum absolute atomic E-state index is 8.48. The van der Waals surface area contributed by atoms with Gasteiger partial charge in [-0.2, -0.15) is 10.5 Å².